The number of hydrogen-bond donors (Lipinski definition) is 2. The molecule has 0 saturated heterocycles. The molecule has 0 unspecified atom stereocenters. The first-order valence-electron chi connectivity index (χ1n) is 9.20. The minimum Gasteiger partial charge on any atom is -0.439 e. The van der Waals surface area contributed by atoms with E-state index in [1.807, 2.05) is 12.1 Å². The lowest BCUT2D eigenvalue weighted by Gasteiger charge is -2.12. The summed E-state index contributed by atoms with van der Waals surface area (Å²) >= 11 is 0. The average Bonchev–Trinajstić information content (AvgIpc) is 2.73. The zero-order valence-corrected chi connectivity index (χ0v) is 16.0. The topological polar surface area (TPSA) is 58.5 Å². The molecule has 0 spiro atoms. The molecule has 29 heavy (non-hydrogen) atoms. The van der Waals surface area contributed by atoms with Gasteiger partial charge in [0.1, 0.15) is 17.4 Å². The molecule has 150 valence electrons. The number of hydrogen-bond acceptors (Lipinski definition) is 3. The molecular formula is C22H22F2N4O. The van der Waals surface area contributed by atoms with Gasteiger partial charge in [0.25, 0.3) is 0 Å². The van der Waals surface area contributed by atoms with Gasteiger partial charge in [-0.25, -0.2) is 13.8 Å². The Morgan fingerprint density at radius 2 is 1.79 bits per heavy atom. The Kier molecular flexibility index (Phi) is 7.10. The van der Waals surface area contributed by atoms with Crippen LogP contribution in [0.3, 0.4) is 0 Å². The van der Waals surface area contributed by atoms with Gasteiger partial charge in [-0.15, -0.1) is 0 Å². The highest BCUT2D eigenvalue weighted by atomic mass is 19.1. The van der Waals surface area contributed by atoms with Crippen molar-refractivity contribution in [3.05, 3.63) is 89.6 Å². The van der Waals surface area contributed by atoms with E-state index in [1.165, 1.54) is 24.3 Å². The molecule has 0 fully saturated rings. The predicted octanol–water partition coefficient (Wildman–Crippen LogP) is 4.06. The highest BCUT2D eigenvalue weighted by Gasteiger charge is 2.02. The third-order valence-electron chi connectivity index (χ3n) is 4.11. The van der Waals surface area contributed by atoms with E-state index in [4.69, 9.17) is 4.74 Å². The molecule has 5 nitrogen and oxygen atoms in total. The van der Waals surface area contributed by atoms with E-state index in [1.54, 1.807) is 37.5 Å². The zero-order chi connectivity index (χ0) is 20.5. The maximum atomic E-state index is 13.2. The third kappa shape index (κ3) is 6.57. The first-order chi connectivity index (χ1) is 14.1. The number of nitrogens with zero attached hydrogens (tertiary/aromatic N) is 2. The van der Waals surface area contributed by atoms with Crippen LogP contribution in [0.2, 0.25) is 0 Å². The van der Waals surface area contributed by atoms with Crippen LogP contribution in [-0.2, 0) is 13.0 Å². The molecule has 1 heterocycles. The van der Waals surface area contributed by atoms with Crippen LogP contribution in [0.15, 0.2) is 71.9 Å². The first kappa shape index (κ1) is 20.3. The number of rotatable bonds is 7. The van der Waals surface area contributed by atoms with Gasteiger partial charge in [0.05, 0.1) is 0 Å². The minimum absolute atomic E-state index is 0.232. The lowest BCUT2D eigenvalue weighted by atomic mass is 10.1. The van der Waals surface area contributed by atoms with E-state index in [0.29, 0.717) is 37.1 Å². The van der Waals surface area contributed by atoms with Crippen LogP contribution in [0.4, 0.5) is 8.78 Å². The van der Waals surface area contributed by atoms with Gasteiger partial charge < -0.3 is 15.4 Å². The molecule has 3 rings (SSSR count). The SMILES string of the molecule is CN=C(NCCc1cccc(F)c1)NCc1ccc(Oc2ccc(F)cc2)nc1. The molecule has 2 aromatic carbocycles. The second-order valence-corrected chi connectivity index (χ2v) is 6.29. The molecular weight excluding hydrogens is 374 g/mol. The van der Waals surface area contributed by atoms with Crippen molar-refractivity contribution in [2.24, 2.45) is 4.99 Å². The fraction of sp³-hybridized carbons (Fsp3) is 0.182. The largest absolute Gasteiger partial charge is 0.439 e. The van der Waals surface area contributed by atoms with Crippen molar-refractivity contribution in [1.29, 1.82) is 0 Å². The predicted molar refractivity (Wildman–Crippen MR) is 109 cm³/mol. The highest BCUT2D eigenvalue weighted by Crippen LogP contribution is 2.19. The second-order valence-electron chi connectivity index (χ2n) is 6.29. The summed E-state index contributed by atoms with van der Waals surface area (Å²) in [7, 11) is 1.69. The van der Waals surface area contributed by atoms with Crippen molar-refractivity contribution in [1.82, 2.24) is 15.6 Å². The van der Waals surface area contributed by atoms with E-state index in [2.05, 4.69) is 20.6 Å². The summed E-state index contributed by atoms with van der Waals surface area (Å²) in [6.45, 7) is 1.16. The van der Waals surface area contributed by atoms with Gasteiger partial charge in [-0.1, -0.05) is 18.2 Å². The molecule has 0 bridgehead atoms. The van der Waals surface area contributed by atoms with Crippen LogP contribution in [0.25, 0.3) is 0 Å². The maximum absolute atomic E-state index is 13.2. The normalized spacial score (nSPS) is 11.2. The molecule has 0 aliphatic rings. The van der Waals surface area contributed by atoms with Gasteiger partial charge in [-0.2, -0.15) is 0 Å². The van der Waals surface area contributed by atoms with E-state index in [-0.39, 0.29) is 11.6 Å². The Labute approximate surface area is 168 Å². The summed E-state index contributed by atoms with van der Waals surface area (Å²) in [4.78, 5) is 8.44. The van der Waals surface area contributed by atoms with Gasteiger partial charge in [0.2, 0.25) is 5.88 Å². The van der Waals surface area contributed by atoms with E-state index >= 15 is 0 Å². The quantitative estimate of drug-likeness (QED) is 0.467. The molecule has 3 aromatic rings. The Bertz CT molecular complexity index is 944. The monoisotopic (exact) mass is 396 g/mol. The zero-order valence-electron chi connectivity index (χ0n) is 16.0. The number of guanidine groups is 1. The number of ether oxygens (including phenoxy) is 1. The van der Waals surface area contributed by atoms with Crippen LogP contribution < -0.4 is 15.4 Å². The number of aromatic nitrogens is 1. The van der Waals surface area contributed by atoms with Crippen molar-refractivity contribution < 1.29 is 13.5 Å². The van der Waals surface area contributed by atoms with Crippen molar-refractivity contribution in [3.63, 3.8) is 0 Å². The Hall–Kier alpha value is -3.48. The highest BCUT2D eigenvalue weighted by molar-refractivity contribution is 5.79. The van der Waals surface area contributed by atoms with E-state index in [0.717, 1.165) is 11.1 Å². The molecule has 0 aliphatic heterocycles. The summed E-state index contributed by atoms with van der Waals surface area (Å²) in [6, 6.07) is 16.0. The van der Waals surface area contributed by atoms with Crippen LogP contribution >= 0.6 is 0 Å². The van der Waals surface area contributed by atoms with Gasteiger partial charge in [-0.05, 0) is 53.9 Å². The maximum Gasteiger partial charge on any atom is 0.219 e. The summed E-state index contributed by atoms with van der Waals surface area (Å²) in [5.74, 6) is 1.05. The van der Waals surface area contributed by atoms with Gasteiger partial charge >= 0.3 is 0 Å². The van der Waals surface area contributed by atoms with Crippen molar-refractivity contribution in [2.75, 3.05) is 13.6 Å². The number of aliphatic imine (C=N–C) groups is 1. The summed E-state index contributed by atoms with van der Waals surface area (Å²) in [5.41, 5.74) is 1.87. The number of nitrogens with one attached hydrogen (secondary N) is 2. The van der Waals surface area contributed by atoms with Gasteiger partial charge in [0, 0.05) is 32.4 Å². The lowest BCUT2D eigenvalue weighted by Crippen LogP contribution is -2.37. The Morgan fingerprint density at radius 3 is 2.48 bits per heavy atom. The van der Waals surface area contributed by atoms with Crippen LogP contribution in [0.5, 0.6) is 11.6 Å². The van der Waals surface area contributed by atoms with Crippen LogP contribution in [0, 0.1) is 11.6 Å². The third-order valence-corrected chi connectivity index (χ3v) is 4.11. The van der Waals surface area contributed by atoms with Gasteiger partial charge in [0.15, 0.2) is 5.96 Å². The standard InChI is InChI=1S/C22H22F2N4O/c1-25-22(26-12-11-16-3-2-4-19(24)13-16)28-15-17-5-10-21(27-14-17)29-20-8-6-18(23)7-9-20/h2-10,13-14H,11-12,15H2,1H3,(H2,25,26,28). The molecule has 0 saturated carbocycles. The van der Waals surface area contributed by atoms with Gasteiger partial charge in [-0.3, -0.25) is 4.99 Å². The average molecular weight is 396 g/mol. The summed E-state index contributed by atoms with van der Waals surface area (Å²) in [5, 5.41) is 6.40. The minimum atomic E-state index is -0.315. The van der Waals surface area contributed by atoms with E-state index in [9.17, 15) is 8.78 Å². The molecule has 0 amide bonds. The molecule has 0 aliphatic carbocycles. The van der Waals surface area contributed by atoms with Crippen molar-refractivity contribution in [3.8, 4) is 11.6 Å². The molecule has 7 heteroatoms. The molecule has 2 N–H and O–H groups in total. The van der Waals surface area contributed by atoms with Crippen molar-refractivity contribution >= 4 is 5.96 Å². The van der Waals surface area contributed by atoms with Crippen molar-refractivity contribution in [2.45, 2.75) is 13.0 Å². The number of pyridine rings is 1. The van der Waals surface area contributed by atoms with Crippen LogP contribution in [0.1, 0.15) is 11.1 Å². The Morgan fingerprint density at radius 1 is 0.966 bits per heavy atom. The molecule has 0 radical (unpaired) electrons. The first-order valence-corrected chi connectivity index (χ1v) is 9.20. The Balaban J connectivity index is 1.44. The lowest BCUT2D eigenvalue weighted by molar-refractivity contribution is 0.461. The summed E-state index contributed by atoms with van der Waals surface area (Å²) in [6.07, 6.45) is 2.39. The smallest absolute Gasteiger partial charge is 0.219 e. The van der Waals surface area contributed by atoms with Crippen LogP contribution in [-0.4, -0.2) is 24.5 Å². The second kappa shape index (κ2) is 10.2. The fourth-order valence-corrected chi connectivity index (χ4v) is 2.62. The fourth-order valence-electron chi connectivity index (χ4n) is 2.62. The van der Waals surface area contributed by atoms with E-state index < -0.39 is 0 Å². The molecule has 1 aromatic heterocycles. The number of benzene rings is 2. The number of halogens is 2. The summed E-state index contributed by atoms with van der Waals surface area (Å²) < 4.78 is 31.7. The molecule has 0 atom stereocenters.